The number of halogens is 1. The summed E-state index contributed by atoms with van der Waals surface area (Å²) in [5, 5.41) is 2.71. The second kappa shape index (κ2) is 10.8. The Labute approximate surface area is 172 Å². The smallest absolute Gasteiger partial charge is 0.243 e. The van der Waals surface area contributed by atoms with Crippen LogP contribution in [0.15, 0.2) is 29.2 Å². The zero-order chi connectivity index (χ0) is 20.0. The number of rotatable bonds is 7. The number of hydrogen-bond acceptors (Lipinski definition) is 5. The Hall–Kier alpha value is -1.68. The minimum atomic E-state index is -3.55. The van der Waals surface area contributed by atoms with Gasteiger partial charge in [-0.25, -0.2) is 8.42 Å². The molecule has 0 spiro atoms. The summed E-state index contributed by atoms with van der Waals surface area (Å²) < 4.78 is 26.8. The molecule has 10 heteroatoms. The molecule has 2 amide bonds. The number of carbonyl (C=O) groups is 2. The van der Waals surface area contributed by atoms with Crippen molar-refractivity contribution in [2.45, 2.75) is 37.6 Å². The van der Waals surface area contributed by atoms with Gasteiger partial charge in [0.1, 0.15) is 0 Å². The molecule has 158 valence electrons. The minimum Gasteiger partial charge on any atom is -0.352 e. The number of carbonyl (C=O) groups excluding carboxylic acids is 2. The van der Waals surface area contributed by atoms with Gasteiger partial charge in [0.05, 0.1) is 4.90 Å². The van der Waals surface area contributed by atoms with Crippen molar-refractivity contribution in [3.05, 3.63) is 29.8 Å². The van der Waals surface area contributed by atoms with Gasteiger partial charge in [0.25, 0.3) is 0 Å². The quantitative estimate of drug-likeness (QED) is 0.651. The van der Waals surface area contributed by atoms with Gasteiger partial charge in [0.15, 0.2) is 0 Å². The molecule has 1 fully saturated rings. The molecule has 1 aromatic carbocycles. The Morgan fingerprint density at radius 1 is 1.11 bits per heavy atom. The van der Waals surface area contributed by atoms with Gasteiger partial charge in [-0.2, -0.15) is 4.31 Å². The van der Waals surface area contributed by atoms with Crippen molar-refractivity contribution in [1.29, 1.82) is 0 Å². The highest BCUT2D eigenvalue weighted by Crippen LogP contribution is 2.18. The number of hydrogen-bond donors (Lipinski definition) is 2. The highest BCUT2D eigenvalue weighted by atomic mass is 35.5. The van der Waals surface area contributed by atoms with Crippen LogP contribution in [0.4, 0.5) is 0 Å². The molecule has 2 rings (SSSR count). The van der Waals surface area contributed by atoms with E-state index in [9.17, 15) is 18.0 Å². The molecule has 3 N–H and O–H groups in total. The summed E-state index contributed by atoms with van der Waals surface area (Å²) in [6.07, 6.45) is 0.207. The van der Waals surface area contributed by atoms with Crippen LogP contribution < -0.4 is 11.1 Å². The van der Waals surface area contributed by atoms with Gasteiger partial charge >= 0.3 is 0 Å². The Balaban J connectivity index is 0.00000392. The molecule has 0 aromatic heterocycles. The molecule has 1 aromatic rings. The predicted molar refractivity (Wildman–Crippen MR) is 110 cm³/mol. The molecule has 1 aliphatic heterocycles. The van der Waals surface area contributed by atoms with E-state index < -0.39 is 10.0 Å². The monoisotopic (exact) mass is 432 g/mol. The maximum Gasteiger partial charge on any atom is 0.243 e. The molecule has 1 aliphatic rings. The Kier molecular flexibility index (Phi) is 9.35. The van der Waals surface area contributed by atoms with Crippen LogP contribution >= 0.6 is 12.4 Å². The Morgan fingerprint density at radius 3 is 2.21 bits per heavy atom. The molecule has 1 saturated heterocycles. The third-order valence-electron chi connectivity index (χ3n) is 4.58. The van der Waals surface area contributed by atoms with E-state index in [-0.39, 0.29) is 61.1 Å². The second-order valence-electron chi connectivity index (χ2n) is 6.80. The summed E-state index contributed by atoms with van der Waals surface area (Å²) >= 11 is 0. The lowest BCUT2D eigenvalue weighted by molar-refractivity contribution is -0.134. The normalized spacial score (nSPS) is 16.2. The summed E-state index contributed by atoms with van der Waals surface area (Å²) in [6.45, 7) is 5.19. The van der Waals surface area contributed by atoms with Crippen molar-refractivity contribution in [2.75, 3.05) is 32.7 Å². The Bertz CT molecular complexity index is 762. The van der Waals surface area contributed by atoms with Crippen LogP contribution in [-0.2, 0) is 19.6 Å². The second-order valence-corrected chi connectivity index (χ2v) is 8.74. The third-order valence-corrected chi connectivity index (χ3v) is 6.49. The number of amides is 2. The van der Waals surface area contributed by atoms with E-state index in [1.54, 1.807) is 36.1 Å². The minimum absolute atomic E-state index is 0. The number of nitrogens with two attached hydrogens (primary N) is 1. The van der Waals surface area contributed by atoms with E-state index in [1.807, 2.05) is 6.92 Å². The van der Waals surface area contributed by atoms with E-state index in [1.165, 1.54) is 4.31 Å². The number of aryl methyl sites for hydroxylation is 1. The first kappa shape index (κ1) is 24.4. The molecule has 0 aliphatic carbocycles. The molecule has 0 saturated carbocycles. The van der Waals surface area contributed by atoms with Gasteiger partial charge in [0, 0.05) is 51.6 Å². The maximum absolute atomic E-state index is 12.7. The first-order chi connectivity index (χ1) is 12.7. The molecular formula is C18H29ClN4O4S. The van der Waals surface area contributed by atoms with Gasteiger partial charge in [-0.3, -0.25) is 9.59 Å². The van der Waals surface area contributed by atoms with E-state index in [0.29, 0.717) is 19.6 Å². The van der Waals surface area contributed by atoms with Gasteiger partial charge in [-0.15, -0.1) is 12.4 Å². The predicted octanol–water partition coefficient (Wildman–Crippen LogP) is 0.493. The fourth-order valence-corrected chi connectivity index (χ4v) is 4.24. The fourth-order valence-electron chi connectivity index (χ4n) is 2.82. The summed E-state index contributed by atoms with van der Waals surface area (Å²) in [7, 11) is -3.55. The van der Waals surface area contributed by atoms with Crippen molar-refractivity contribution in [3.8, 4) is 0 Å². The lowest BCUT2D eigenvalue weighted by Crippen LogP contribution is -2.50. The molecule has 1 atom stereocenters. The van der Waals surface area contributed by atoms with Crippen LogP contribution in [0.1, 0.15) is 25.3 Å². The van der Waals surface area contributed by atoms with Crippen LogP contribution in [0.5, 0.6) is 0 Å². The molecule has 28 heavy (non-hydrogen) atoms. The lowest BCUT2D eigenvalue weighted by Gasteiger charge is -2.34. The number of nitrogens with one attached hydrogen (secondary N) is 1. The van der Waals surface area contributed by atoms with Crippen LogP contribution in [-0.4, -0.2) is 68.2 Å². The summed E-state index contributed by atoms with van der Waals surface area (Å²) in [4.78, 5) is 25.9. The number of sulfonamides is 1. The standard InChI is InChI=1S/C18H28N4O4S.ClH/c1-14-3-5-16(6-4-14)27(25,26)22-11-9-21(10-12-22)18(24)8-7-17(23)20-15(2)13-19;/h3-6,15H,7-13,19H2,1-2H3,(H,20,23);1H/t15-;/m0./s1. The molecule has 8 nitrogen and oxygen atoms in total. The number of piperazine rings is 1. The zero-order valence-corrected chi connectivity index (χ0v) is 17.9. The van der Waals surface area contributed by atoms with Gasteiger partial charge in [0.2, 0.25) is 21.8 Å². The van der Waals surface area contributed by atoms with E-state index in [0.717, 1.165) is 5.56 Å². The lowest BCUT2D eigenvalue weighted by atomic mass is 10.2. The number of benzene rings is 1. The van der Waals surface area contributed by atoms with Gasteiger partial charge in [-0.1, -0.05) is 17.7 Å². The maximum atomic E-state index is 12.7. The van der Waals surface area contributed by atoms with Gasteiger partial charge in [-0.05, 0) is 26.0 Å². The van der Waals surface area contributed by atoms with E-state index >= 15 is 0 Å². The first-order valence-electron chi connectivity index (χ1n) is 9.08. The highest BCUT2D eigenvalue weighted by molar-refractivity contribution is 7.89. The van der Waals surface area contributed by atoms with Crippen molar-refractivity contribution in [2.24, 2.45) is 5.73 Å². The first-order valence-corrected chi connectivity index (χ1v) is 10.5. The van der Waals surface area contributed by atoms with E-state index in [2.05, 4.69) is 5.32 Å². The van der Waals surface area contributed by atoms with Crippen molar-refractivity contribution in [1.82, 2.24) is 14.5 Å². The van der Waals surface area contributed by atoms with Crippen LogP contribution in [0.3, 0.4) is 0 Å². The van der Waals surface area contributed by atoms with Crippen LogP contribution in [0, 0.1) is 6.92 Å². The zero-order valence-electron chi connectivity index (χ0n) is 16.3. The fraction of sp³-hybridized carbons (Fsp3) is 0.556. The summed E-state index contributed by atoms with van der Waals surface area (Å²) in [5.74, 6) is -0.347. The van der Waals surface area contributed by atoms with E-state index in [4.69, 9.17) is 5.73 Å². The average molecular weight is 433 g/mol. The molecular weight excluding hydrogens is 404 g/mol. The number of nitrogens with zero attached hydrogens (tertiary/aromatic N) is 2. The summed E-state index contributed by atoms with van der Waals surface area (Å²) in [6, 6.07) is 6.61. The molecule has 0 bridgehead atoms. The van der Waals surface area contributed by atoms with Crippen molar-refractivity contribution < 1.29 is 18.0 Å². The third kappa shape index (κ3) is 6.44. The van der Waals surface area contributed by atoms with Crippen molar-refractivity contribution in [3.63, 3.8) is 0 Å². The summed E-state index contributed by atoms with van der Waals surface area (Å²) in [5.41, 5.74) is 6.44. The SMILES string of the molecule is Cc1ccc(S(=O)(=O)N2CCN(C(=O)CCC(=O)N[C@@H](C)CN)CC2)cc1.Cl. The van der Waals surface area contributed by atoms with Gasteiger partial charge < -0.3 is 16.0 Å². The molecule has 0 radical (unpaired) electrons. The van der Waals surface area contributed by atoms with Crippen LogP contribution in [0.25, 0.3) is 0 Å². The van der Waals surface area contributed by atoms with Crippen molar-refractivity contribution >= 4 is 34.2 Å². The Morgan fingerprint density at radius 2 is 1.68 bits per heavy atom. The highest BCUT2D eigenvalue weighted by Gasteiger charge is 2.30. The topological polar surface area (TPSA) is 113 Å². The molecule has 0 unspecified atom stereocenters. The molecule has 1 heterocycles. The largest absolute Gasteiger partial charge is 0.352 e. The van der Waals surface area contributed by atoms with Crippen LogP contribution in [0.2, 0.25) is 0 Å². The average Bonchev–Trinajstić information content (AvgIpc) is 2.66.